The SMILES string of the molecule is [C-]#[N+]/C(C#N)=C1C=C(/C=C/c2cc3c4c(c2)C2(C)CCCCC2CN4CCC3(C)C)OC(C23CCC(CCCCC)(CC2)CC3)=C\1. The van der Waals surface area contributed by atoms with Crippen molar-refractivity contribution in [2.24, 2.45) is 16.7 Å². The maximum absolute atomic E-state index is 9.86. The lowest BCUT2D eigenvalue weighted by Gasteiger charge is -2.54. The number of hydrogen-bond acceptors (Lipinski definition) is 3. The van der Waals surface area contributed by atoms with E-state index in [4.69, 9.17) is 11.3 Å². The number of benzene rings is 1. The predicted molar refractivity (Wildman–Crippen MR) is 188 cm³/mol. The average molecular weight is 616 g/mol. The van der Waals surface area contributed by atoms with Gasteiger partial charge in [-0.15, -0.1) is 0 Å². The van der Waals surface area contributed by atoms with Crippen LogP contribution in [0, 0.1) is 34.7 Å². The summed E-state index contributed by atoms with van der Waals surface area (Å²) in [6.07, 6.45) is 27.3. The summed E-state index contributed by atoms with van der Waals surface area (Å²) in [4.78, 5) is 6.33. The molecule has 4 fully saturated rings. The van der Waals surface area contributed by atoms with Gasteiger partial charge in [0, 0.05) is 24.2 Å². The van der Waals surface area contributed by atoms with Gasteiger partial charge in [-0.2, -0.15) is 0 Å². The van der Waals surface area contributed by atoms with Crippen molar-refractivity contribution in [2.45, 2.75) is 135 Å². The van der Waals surface area contributed by atoms with Crippen molar-refractivity contribution in [1.82, 2.24) is 0 Å². The monoisotopic (exact) mass is 615 g/mol. The predicted octanol–water partition coefficient (Wildman–Crippen LogP) is 11.1. The second-order valence-corrected chi connectivity index (χ2v) is 16.7. The molecule has 2 bridgehead atoms. The number of unbranched alkanes of at least 4 members (excludes halogenated alkanes) is 2. The summed E-state index contributed by atoms with van der Waals surface area (Å²) in [6.45, 7) is 19.8. The average Bonchev–Trinajstić information content (AvgIpc) is 3.07. The molecule has 46 heavy (non-hydrogen) atoms. The van der Waals surface area contributed by atoms with Crippen molar-refractivity contribution < 1.29 is 4.74 Å². The van der Waals surface area contributed by atoms with E-state index in [0.29, 0.717) is 11.0 Å². The number of anilines is 1. The smallest absolute Gasteiger partial charge is 0.269 e. The standard InChI is InChI=1S/C42H53N3O/c1-6-7-9-15-41-16-19-42(20-17-41,21-18-41)37-27-31(36(28-43)44-5)26-33(46-37)13-12-30-24-34-38-35(25-30)40(4)14-10-8-11-32(40)29-45(38)23-22-39(34,2)3/h12-13,24-27,32H,6-11,14-23,29H2,1-4H3/b13-12+,36-31+. The molecule has 4 nitrogen and oxygen atoms in total. The summed E-state index contributed by atoms with van der Waals surface area (Å²) < 4.78 is 6.79. The number of nitrogens with zero attached hydrogens (tertiary/aromatic N) is 3. The van der Waals surface area contributed by atoms with Crippen molar-refractivity contribution in [3.8, 4) is 6.07 Å². The molecule has 7 aliphatic rings. The summed E-state index contributed by atoms with van der Waals surface area (Å²) in [5.41, 5.74) is 7.55. The van der Waals surface area contributed by atoms with Crippen LogP contribution in [0.5, 0.6) is 0 Å². The van der Waals surface area contributed by atoms with Crippen LogP contribution in [-0.4, -0.2) is 13.1 Å². The highest BCUT2D eigenvalue weighted by Gasteiger charge is 2.51. The van der Waals surface area contributed by atoms with Gasteiger partial charge >= 0.3 is 0 Å². The van der Waals surface area contributed by atoms with Crippen LogP contribution in [0.25, 0.3) is 10.9 Å². The maximum atomic E-state index is 9.86. The minimum Gasteiger partial charge on any atom is -0.461 e. The highest BCUT2D eigenvalue weighted by molar-refractivity contribution is 5.72. The molecule has 2 unspecified atom stereocenters. The van der Waals surface area contributed by atoms with E-state index in [1.807, 2.05) is 12.2 Å². The summed E-state index contributed by atoms with van der Waals surface area (Å²) in [6, 6.07) is 7.08. The van der Waals surface area contributed by atoms with E-state index in [9.17, 15) is 5.26 Å². The van der Waals surface area contributed by atoms with Gasteiger partial charge in [-0.25, -0.2) is 10.1 Å². The molecule has 0 amide bonds. The van der Waals surface area contributed by atoms with E-state index in [-0.39, 0.29) is 21.9 Å². The van der Waals surface area contributed by atoms with Crippen LogP contribution >= 0.6 is 0 Å². The number of fused-ring (bicyclic) bond motifs is 5. The third-order valence-electron chi connectivity index (χ3n) is 13.6. The van der Waals surface area contributed by atoms with Gasteiger partial charge in [0.05, 0.1) is 12.6 Å². The largest absolute Gasteiger partial charge is 0.461 e. The molecule has 1 aromatic rings. The second-order valence-electron chi connectivity index (χ2n) is 16.7. The first-order valence-electron chi connectivity index (χ1n) is 18.4. The van der Waals surface area contributed by atoms with E-state index in [1.165, 1.54) is 100 Å². The summed E-state index contributed by atoms with van der Waals surface area (Å²) >= 11 is 0. The van der Waals surface area contributed by atoms with Gasteiger partial charge in [0.15, 0.2) is 0 Å². The van der Waals surface area contributed by atoms with Gasteiger partial charge < -0.3 is 9.64 Å². The lowest BCUT2D eigenvalue weighted by Crippen LogP contribution is -2.51. The second kappa shape index (κ2) is 11.8. The molecule has 1 aromatic carbocycles. The minimum absolute atomic E-state index is 0.0156. The van der Waals surface area contributed by atoms with Gasteiger partial charge in [-0.1, -0.05) is 65.9 Å². The molecule has 4 aliphatic carbocycles. The zero-order valence-corrected chi connectivity index (χ0v) is 28.8. The van der Waals surface area contributed by atoms with Crippen LogP contribution in [0.1, 0.15) is 141 Å². The Morgan fingerprint density at radius 1 is 1.00 bits per heavy atom. The van der Waals surface area contributed by atoms with E-state index >= 15 is 0 Å². The zero-order valence-electron chi connectivity index (χ0n) is 28.8. The summed E-state index contributed by atoms with van der Waals surface area (Å²) in [5.74, 6) is 2.45. The lowest BCUT2D eigenvalue weighted by molar-refractivity contribution is -0.0195. The number of rotatable bonds is 7. The van der Waals surface area contributed by atoms with Gasteiger partial charge in [0.25, 0.3) is 5.70 Å². The topological polar surface area (TPSA) is 40.6 Å². The molecule has 0 saturated heterocycles. The van der Waals surface area contributed by atoms with E-state index < -0.39 is 0 Å². The van der Waals surface area contributed by atoms with Gasteiger partial charge in [-0.05, 0) is 139 Å². The number of ether oxygens (including phenoxy) is 1. The van der Waals surface area contributed by atoms with Gasteiger partial charge in [-0.3, -0.25) is 0 Å². The highest BCUT2D eigenvalue weighted by atomic mass is 16.5. The first kappa shape index (κ1) is 31.4. The normalized spacial score (nSPS) is 33.6. The molecular formula is C42H53N3O. The third kappa shape index (κ3) is 5.25. The van der Waals surface area contributed by atoms with Crippen molar-refractivity contribution in [1.29, 1.82) is 5.26 Å². The highest BCUT2D eigenvalue weighted by Crippen LogP contribution is 2.62. The lowest BCUT2D eigenvalue weighted by atomic mass is 9.52. The van der Waals surface area contributed by atoms with E-state index in [0.717, 1.165) is 43.2 Å². The van der Waals surface area contributed by atoms with Crippen LogP contribution in [-0.2, 0) is 15.6 Å². The molecule has 8 rings (SSSR count). The Kier molecular flexibility index (Phi) is 8.03. The number of allylic oxidation sites excluding steroid dienone is 6. The maximum Gasteiger partial charge on any atom is 0.269 e. The number of hydrogen-bond donors (Lipinski definition) is 0. The Labute approximate surface area is 278 Å². The molecule has 4 saturated carbocycles. The first-order chi connectivity index (χ1) is 22.1. The van der Waals surface area contributed by atoms with Gasteiger partial charge in [0.1, 0.15) is 11.5 Å². The zero-order chi connectivity index (χ0) is 32.2. The van der Waals surface area contributed by atoms with Crippen LogP contribution in [0.4, 0.5) is 5.69 Å². The Bertz CT molecular complexity index is 1570. The molecule has 0 aromatic heterocycles. The minimum atomic E-state index is 0.0156. The molecule has 0 N–H and O–H groups in total. The molecule has 3 heterocycles. The summed E-state index contributed by atoms with van der Waals surface area (Å²) in [7, 11) is 0. The fourth-order valence-corrected chi connectivity index (χ4v) is 10.3. The third-order valence-corrected chi connectivity index (χ3v) is 13.6. The van der Waals surface area contributed by atoms with Crippen molar-refractivity contribution in [3.63, 3.8) is 0 Å². The molecule has 242 valence electrons. The Balaban J connectivity index is 1.21. The van der Waals surface area contributed by atoms with Gasteiger partial charge in [0.2, 0.25) is 0 Å². The molecule has 2 atom stereocenters. The molecule has 0 spiro atoms. The summed E-state index contributed by atoms with van der Waals surface area (Å²) in [5, 5.41) is 9.86. The number of nitriles is 1. The van der Waals surface area contributed by atoms with E-state index in [1.54, 1.807) is 5.56 Å². The Morgan fingerprint density at radius 2 is 1.76 bits per heavy atom. The van der Waals surface area contributed by atoms with Crippen LogP contribution in [0.2, 0.25) is 0 Å². The van der Waals surface area contributed by atoms with Crippen molar-refractivity contribution in [2.75, 3.05) is 18.0 Å². The van der Waals surface area contributed by atoms with E-state index in [2.05, 4.69) is 67.8 Å². The molecule has 0 radical (unpaired) electrons. The van der Waals surface area contributed by atoms with Crippen molar-refractivity contribution in [3.05, 3.63) is 81.3 Å². The fourth-order valence-electron chi connectivity index (χ4n) is 10.3. The molecule has 3 aliphatic heterocycles. The van der Waals surface area contributed by atoms with Crippen LogP contribution in [0.15, 0.2) is 53.1 Å². The Morgan fingerprint density at radius 3 is 2.48 bits per heavy atom. The fraction of sp³-hybridized carbons (Fsp3) is 0.619. The first-order valence-corrected chi connectivity index (χ1v) is 18.4. The van der Waals surface area contributed by atoms with Crippen LogP contribution < -0.4 is 4.90 Å². The van der Waals surface area contributed by atoms with Crippen molar-refractivity contribution >= 4 is 11.8 Å². The molecular weight excluding hydrogens is 562 g/mol. The quantitative estimate of drug-likeness (QED) is 0.174. The Hall–Kier alpha value is -3.24. The van der Waals surface area contributed by atoms with Crippen LogP contribution in [0.3, 0.4) is 0 Å². The molecule has 4 heteroatoms.